The summed E-state index contributed by atoms with van der Waals surface area (Å²) in [6, 6.07) is 2.46. The summed E-state index contributed by atoms with van der Waals surface area (Å²) in [7, 11) is 1.72. The van der Waals surface area contributed by atoms with E-state index in [2.05, 4.69) is 20.5 Å². The molecule has 1 aromatic heterocycles. The zero-order valence-corrected chi connectivity index (χ0v) is 12.7. The Bertz CT molecular complexity index is 482. The van der Waals surface area contributed by atoms with E-state index in [1.54, 1.807) is 7.11 Å². The van der Waals surface area contributed by atoms with Crippen LogP contribution in [0.5, 0.6) is 0 Å². The van der Waals surface area contributed by atoms with Crippen LogP contribution in [0.4, 0.5) is 0 Å². The van der Waals surface area contributed by atoms with Crippen molar-refractivity contribution in [2.24, 2.45) is 0 Å². The molecule has 1 saturated carbocycles. The number of rotatable bonds is 3. The van der Waals surface area contributed by atoms with Crippen LogP contribution < -0.4 is 0 Å². The quantitative estimate of drug-likeness (QED) is 0.856. The lowest BCUT2D eigenvalue weighted by Crippen LogP contribution is -2.43. The van der Waals surface area contributed by atoms with Crippen LogP contribution in [0, 0.1) is 0 Å². The average molecular weight is 327 g/mol. The molecule has 0 radical (unpaired) electrons. The van der Waals surface area contributed by atoms with Crippen LogP contribution in [0.1, 0.15) is 42.2 Å². The molecule has 2 fully saturated rings. The number of carbonyl (C=O) groups excluding carboxylic acids is 1. The van der Waals surface area contributed by atoms with Gasteiger partial charge >= 0.3 is 0 Å². The van der Waals surface area contributed by atoms with Crippen molar-refractivity contribution in [3.63, 3.8) is 0 Å². The topological polar surface area (TPSA) is 34.5 Å². The van der Waals surface area contributed by atoms with Gasteiger partial charge in [-0.15, -0.1) is 0 Å². The number of aromatic nitrogens is 1. The highest BCUT2D eigenvalue weighted by molar-refractivity contribution is 9.10. The van der Waals surface area contributed by atoms with Crippen LogP contribution in [0.2, 0.25) is 0 Å². The predicted octanol–water partition coefficient (Wildman–Crippen LogP) is 2.84. The van der Waals surface area contributed by atoms with E-state index in [0.717, 1.165) is 29.6 Å². The second-order valence-electron chi connectivity index (χ2n) is 5.43. The van der Waals surface area contributed by atoms with Gasteiger partial charge in [0.2, 0.25) is 0 Å². The Kier molecular flexibility index (Phi) is 3.67. The fourth-order valence-corrected chi connectivity index (χ4v) is 3.19. The van der Waals surface area contributed by atoms with Gasteiger partial charge in [0.25, 0.3) is 5.91 Å². The van der Waals surface area contributed by atoms with Gasteiger partial charge in [0.05, 0.1) is 6.10 Å². The van der Waals surface area contributed by atoms with Crippen molar-refractivity contribution >= 4 is 21.8 Å². The standard InChI is InChI=1S/C14H19BrN2O2/c1-19-12-3-2-6-16(9-12)14(18)13-7-10(15)8-17(13)11-4-5-11/h7-8,11-12H,2-6,9H2,1H3. The van der Waals surface area contributed by atoms with Crippen LogP contribution in [0.3, 0.4) is 0 Å². The average Bonchev–Trinajstić information content (AvgIpc) is 3.21. The summed E-state index contributed by atoms with van der Waals surface area (Å²) < 4.78 is 8.51. The van der Waals surface area contributed by atoms with Gasteiger partial charge in [-0.1, -0.05) is 0 Å². The number of likely N-dealkylation sites (tertiary alicyclic amines) is 1. The molecule has 0 spiro atoms. The summed E-state index contributed by atoms with van der Waals surface area (Å²) in [6.07, 6.45) is 6.65. The molecule has 19 heavy (non-hydrogen) atoms. The SMILES string of the molecule is COC1CCCN(C(=O)c2cc(Br)cn2C2CC2)C1. The molecule has 1 unspecified atom stereocenters. The summed E-state index contributed by atoms with van der Waals surface area (Å²) in [5.74, 6) is 0.138. The Labute approximate surface area is 121 Å². The summed E-state index contributed by atoms with van der Waals surface area (Å²) in [4.78, 5) is 14.6. The van der Waals surface area contributed by atoms with Crippen LogP contribution in [-0.4, -0.2) is 41.7 Å². The van der Waals surface area contributed by atoms with Crippen molar-refractivity contribution in [3.05, 3.63) is 22.4 Å². The molecule has 3 rings (SSSR count). The molecule has 2 heterocycles. The van der Waals surface area contributed by atoms with Gasteiger partial charge in [-0.05, 0) is 47.7 Å². The number of carbonyl (C=O) groups is 1. The maximum absolute atomic E-state index is 12.7. The van der Waals surface area contributed by atoms with Gasteiger partial charge in [-0.25, -0.2) is 0 Å². The first-order valence-corrected chi connectivity index (χ1v) is 7.68. The van der Waals surface area contributed by atoms with Crippen molar-refractivity contribution in [3.8, 4) is 0 Å². The lowest BCUT2D eigenvalue weighted by molar-refractivity contribution is 0.0263. The lowest BCUT2D eigenvalue weighted by atomic mass is 10.1. The molecule has 1 amide bonds. The number of amides is 1. The third kappa shape index (κ3) is 2.72. The fourth-order valence-electron chi connectivity index (χ4n) is 2.75. The molecule has 4 nitrogen and oxygen atoms in total. The molecule has 104 valence electrons. The lowest BCUT2D eigenvalue weighted by Gasteiger charge is -2.32. The number of halogens is 1. The minimum atomic E-state index is 0.138. The Morgan fingerprint density at radius 3 is 2.89 bits per heavy atom. The second kappa shape index (κ2) is 5.29. The monoisotopic (exact) mass is 326 g/mol. The zero-order chi connectivity index (χ0) is 13.4. The smallest absolute Gasteiger partial charge is 0.270 e. The van der Waals surface area contributed by atoms with E-state index in [1.165, 1.54) is 12.8 Å². The highest BCUT2D eigenvalue weighted by Crippen LogP contribution is 2.37. The first-order valence-electron chi connectivity index (χ1n) is 6.88. The van der Waals surface area contributed by atoms with E-state index in [9.17, 15) is 4.79 Å². The molecule has 0 N–H and O–H groups in total. The van der Waals surface area contributed by atoms with Crippen LogP contribution in [-0.2, 0) is 4.74 Å². The molecular formula is C14H19BrN2O2. The Morgan fingerprint density at radius 2 is 2.21 bits per heavy atom. The number of methoxy groups -OCH3 is 1. The molecule has 0 aromatic carbocycles. The Balaban J connectivity index is 1.79. The van der Waals surface area contributed by atoms with Crippen LogP contribution >= 0.6 is 15.9 Å². The molecule has 1 aliphatic heterocycles. The molecular weight excluding hydrogens is 308 g/mol. The predicted molar refractivity (Wildman–Crippen MR) is 76.3 cm³/mol. The van der Waals surface area contributed by atoms with Crippen LogP contribution in [0.25, 0.3) is 0 Å². The number of nitrogens with zero attached hydrogens (tertiary/aromatic N) is 2. The Morgan fingerprint density at radius 1 is 1.42 bits per heavy atom. The minimum absolute atomic E-state index is 0.138. The molecule has 1 saturated heterocycles. The first-order chi connectivity index (χ1) is 9.19. The number of hydrogen-bond acceptors (Lipinski definition) is 2. The number of piperidine rings is 1. The largest absolute Gasteiger partial charge is 0.380 e. The first kappa shape index (κ1) is 13.2. The zero-order valence-electron chi connectivity index (χ0n) is 11.1. The van der Waals surface area contributed by atoms with E-state index in [1.807, 2.05) is 17.2 Å². The van der Waals surface area contributed by atoms with Crippen molar-refractivity contribution in [1.29, 1.82) is 0 Å². The van der Waals surface area contributed by atoms with Crippen molar-refractivity contribution in [2.75, 3.05) is 20.2 Å². The number of hydrogen-bond donors (Lipinski definition) is 0. The van der Waals surface area contributed by atoms with Crippen molar-refractivity contribution in [1.82, 2.24) is 9.47 Å². The van der Waals surface area contributed by atoms with E-state index in [4.69, 9.17) is 4.74 Å². The van der Waals surface area contributed by atoms with E-state index in [0.29, 0.717) is 12.6 Å². The van der Waals surface area contributed by atoms with Gasteiger partial charge in [0.1, 0.15) is 5.69 Å². The fraction of sp³-hybridized carbons (Fsp3) is 0.643. The summed E-state index contributed by atoms with van der Waals surface area (Å²) in [6.45, 7) is 1.55. The van der Waals surface area contributed by atoms with E-state index >= 15 is 0 Å². The maximum atomic E-state index is 12.7. The molecule has 5 heteroatoms. The number of ether oxygens (including phenoxy) is 1. The summed E-state index contributed by atoms with van der Waals surface area (Å²) >= 11 is 3.48. The van der Waals surface area contributed by atoms with Crippen LogP contribution in [0.15, 0.2) is 16.7 Å². The molecule has 1 aromatic rings. The summed E-state index contributed by atoms with van der Waals surface area (Å²) in [5, 5.41) is 0. The normalized spacial score (nSPS) is 23.7. The minimum Gasteiger partial charge on any atom is -0.380 e. The van der Waals surface area contributed by atoms with Gasteiger partial charge < -0.3 is 14.2 Å². The maximum Gasteiger partial charge on any atom is 0.270 e. The molecule has 1 atom stereocenters. The summed E-state index contributed by atoms with van der Waals surface area (Å²) in [5.41, 5.74) is 0.811. The van der Waals surface area contributed by atoms with Crippen molar-refractivity contribution < 1.29 is 9.53 Å². The second-order valence-corrected chi connectivity index (χ2v) is 6.35. The Hall–Kier alpha value is -0.810. The van der Waals surface area contributed by atoms with Gasteiger partial charge in [0.15, 0.2) is 0 Å². The third-order valence-corrected chi connectivity index (χ3v) is 4.41. The van der Waals surface area contributed by atoms with Crippen molar-refractivity contribution in [2.45, 2.75) is 37.8 Å². The third-order valence-electron chi connectivity index (χ3n) is 3.97. The van der Waals surface area contributed by atoms with Gasteiger partial charge in [0, 0.05) is 36.9 Å². The highest BCUT2D eigenvalue weighted by Gasteiger charge is 2.31. The van der Waals surface area contributed by atoms with E-state index < -0.39 is 0 Å². The van der Waals surface area contributed by atoms with Gasteiger partial charge in [-0.2, -0.15) is 0 Å². The van der Waals surface area contributed by atoms with E-state index in [-0.39, 0.29) is 12.0 Å². The highest BCUT2D eigenvalue weighted by atomic mass is 79.9. The van der Waals surface area contributed by atoms with Gasteiger partial charge in [-0.3, -0.25) is 4.79 Å². The molecule has 0 bridgehead atoms. The molecule has 2 aliphatic rings. The molecule has 1 aliphatic carbocycles.